The summed E-state index contributed by atoms with van der Waals surface area (Å²) < 4.78 is 6.25. The Hall–Kier alpha value is -1.64. The van der Waals surface area contributed by atoms with E-state index in [2.05, 4.69) is 12.3 Å². The Labute approximate surface area is 99.5 Å². The molecule has 0 spiro atoms. The predicted octanol–water partition coefficient (Wildman–Crippen LogP) is 3.45. The van der Waals surface area contributed by atoms with Crippen LogP contribution in [-0.2, 0) is 4.74 Å². The fourth-order valence-corrected chi connectivity index (χ4v) is 1.74. The maximum atomic E-state index is 11.5. The molecule has 0 unspecified atom stereocenters. The number of carbonyl (C=O) groups is 1. The van der Waals surface area contributed by atoms with Gasteiger partial charge in [-0.2, -0.15) is 0 Å². The van der Waals surface area contributed by atoms with Crippen molar-refractivity contribution >= 4 is 18.0 Å². The zero-order chi connectivity index (χ0) is 11.8. The van der Waals surface area contributed by atoms with Crippen LogP contribution in [0, 0.1) is 0 Å². The molecular formula is C12H13NO2S. The third-order valence-corrected chi connectivity index (χ3v) is 2.54. The summed E-state index contributed by atoms with van der Waals surface area (Å²) in [4.78, 5) is 12.5. The molecule has 0 saturated heterocycles. The van der Waals surface area contributed by atoms with Crippen molar-refractivity contribution in [3.8, 4) is 0 Å². The number of carbonyl (C=O) groups excluding carboxylic acids is 1. The van der Waals surface area contributed by atoms with Crippen molar-refractivity contribution in [3.63, 3.8) is 0 Å². The molecule has 84 valence electrons. The van der Waals surface area contributed by atoms with Crippen LogP contribution in [0.25, 0.3) is 0 Å². The zero-order valence-corrected chi connectivity index (χ0v) is 9.87. The van der Waals surface area contributed by atoms with Crippen molar-refractivity contribution in [1.29, 1.82) is 0 Å². The molecule has 0 aliphatic rings. The molecule has 16 heavy (non-hydrogen) atoms. The summed E-state index contributed by atoms with van der Waals surface area (Å²) in [5, 5.41) is 0. The highest BCUT2D eigenvalue weighted by Gasteiger charge is 2.12. The molecule has 0 N–H and O–H groups in total. The summed E-state index contributed by atoms with van der Waals surface area (Å²) in [6.07, 6.45) is 1.03. The quantitative estimate of drug-likeness (QED) is 0.591. The van der Waals surface area contributed by atoms with Crippen LogP contribution in [-0.4, -0.2) is 17.0 Å². The van der Waals surface area contributed by atoms with Gasteiger partial charge in [-0.15, -0.1) is 5.73 Å². The molecule has 0 saturated carbocycles. The van der Waals surface area contributed by atoms with Gasteiger partial charge in [0, 0.05) is 4.90 Å². The van der Waals surface area contributed by atoms with E-state index >= 15 is 0 Å². The van der Waals surface area contributed by atoms with Crippen LogP contribution in [0.5, 0.6) is 0 Å². The Balaban J connectivity index is 2.72. The number of hydrogen-bond donors (Lipinski definition) is 0. The van der Waals surface area contributed by atoms with Gasteiger partial charge in [-0.1, -0.05) is 24.8 Å². The van der Waals surface area contributed by atoms with Gasteiger partial charge in [0.05, 0.1) is 12.8 Å². The highest BCUT2D eigenvalue weighted by Crippen LogP contribution is 2.23. The summed E-state index contributed by atoms with van der Waals surface area (Å²) in [6, 6.07) is 9.55. The molecule has 0 aliphatic heterocycles. The molecule has 4 heteroatoms. The monoisotopic (exact) mass is 235 g/mol. The Morgan fingerprint density at radius 2 is 2.25 bits per heavy atom. The van der Waals surface area contributed by atoms with Crippen molar-refractivity contribution in [2.75, 3.05) is 6.61 Å². The van der Waals surface area contributed by atoms with Crippen LogP contribution in [0.3, 0.4) is 0 Å². The summed E-state index contributed by atoms with van der Waals surface area (Å²) in [5.74, 6) is 0. The third kappa shape index (κ3) is 3.85. The maximum Gasteiger partial charge on any atom is 0.424 e. The minimum Gasteiger partial charge on any atom is -0.449 e. The van der Waals surface area contributed by atoms with Crippen molar-refractivity contribution in [2.45, 2.75) is 11.8 Å². The average Bonchev–Trinajstić information content (AvgIpc) is 2.30. The number of rotatable bonds is 4. The van der Waals surface area contributed by atoms with Crippen LogP contribution in [0.2, 0.25) is 0 Å². The van der Waals surface area contributed by atoms with Crippen molar-refractivity contribution < 1.29 is 9.53 Å². The van der Waals surface area contributed by atoms with E-state index in [4.69, 9.17) is 4.74 Å². The molecule has 1 aromatic carbocycles. The minimum atomic E-state index is -0.424. The molecule has 0 bridgehead atoms. The number of hydrogen-bond acceptors (Lipinski definition) is 3. The van der Waals surface area contributed by atoms with Gasteiger partial charge in [-0.3, -0.25) is 0 Å². The molecule has 1 rings (SSSR count). The van der Waals surface area contributed by atoms with Gasteiger partial charge in [-0.25, -0.2) is 9.10 Å². The van der Waals surface area contributed by atoms with E-state index in [0.29, 0.717) is 6.61 Å². The Kier molecular flexibility index (Phi) is 5.26. The molecular weight excluding hydrogens is 222 g/mol. The first-order chi connectivity index (χ1) is 7.77. The van der Waals surface area contributed by atoms with Gasteiger partial charge in [0.2, 0.25) is 0 Å². The number of benzene rings is 1. The maximum absolute atomic E-state index is 11.5. The Morgan fingerprint density at radius 3 is 2.81 bits per heavy atom. The predicted molar refractivity (Wildman–Crippen MR) is 64.9 cm³/mol. The lowest BCUT2D eigenvalue weighted by molar-refractivity contribution is 0.142. The van der Waals surface area contributed by atoms with E-state index in [-0.39, 0.29) is 0 Å². The summed E-state index contributed by atoms with van der Waals surface area (Å²) in [7, 11) is 0. The third-order valence-electron chi connectivity index (χ3n) is 1.60. The first-order valence-corrected chi connectivity index (χ1v) is 5.60. The number of amides is 1. The van der Waals surface area contributed by atoms with E-state index in [1.54, 1.807) is 6.92 Å². The van der Waals surface area contributed by atoms with Gasteiger partial charge in [0.25, 0.3) is 0 Å². The SMILES string of the molecule is C=C=CN(Sc1ccccc1)C(=O)OCC. The largest absolute Gasteiger partial charge is 0.449 e. The minimum absolute atomic E-state index is 0.343. The van der Waals surface area contributed by atoms with Gasteiger partial charge < -0.3 is 4.74 Å². The van der Waals surface area contributed by atoms with Gasteiger partial charge in [-0.05, 0) is 31.0 Å². The Morgan fingerprint density at radius 1 is 1.56 bits per heavy atom. The standard InChI is InChI=1S/C12H13NO2S/c1-3-10-13(12(14)15-4-2)16-11-8-6-5-7-9-11/h5-10H,1,4H2,2H3. The number of nitrogens with zero attached hydrogens (tertiary/aromatic N) is 1. The summed E-state index contributed by atoms with van der Waals surface area (Å²) in [5.41, 5.74) is 2.56. The van der Waals surface area contributed by atoms with E-state index in [0.717, 1.165) is 4.90 Å². The van der Waals surface area contributed by atoms with Gasteiger partial charge in [0.1, 0.15) is 0 Å². The molecule has 1 aromatic rings. The van der Waals surface area contributed by atoms with Crippen molar-refractivity contribution in [2.24, 2.45) is 0 Å². The van der Waals surface area contributed by atoms with Gasteiger partial charge in [0.15, 0.2) is 0 Å². The van der Waals surface area contributed by atoms with E-state index in [1.807, 2.05) is 30.3 Å². The van der Waals surface area contributed by atoms with Crippen LogP contribution in [0.1, 0.15) is 6.92 Å². The lowest BCUT2D eigenvalue weighted by Crippen LogP contribution is -2.19. The lowest BCUT2D eigenvalue weighted by Gasteiger charge is -2.14. The van der Waals surface area contributed by atoms with Crippen LogP contribution in [0.15, 0.2) is 53.7 Å². The molecule has 3 nitrogen and oxygen atoms in total. The van der Waals surface area contributed by atoms with Gasteiger partial charge >= 0.3 is 6.09 Å². The van der Waals surface area contributed by atoms with Crippen LogP contribution >= 0.6 is 11.9 Å². The van der Waals surface area contributed by atoms with Crippen molar-refractivity contribution in [1.82, 2.24) is 4.31 Å². The zero-order valence-electron chi connectivity index (χ0n) is 9.05. The van der Waals surface area contributed by atoms with Crippen LogP contribution in [0.4, 0.5) is 4.79 Å². The molecule has 0 aliphatic carbocycles. The van der Waals surface area contributed by atoms with Crippen molar-refractivity contribution in [3.05, 3.63) is 48.8 Å². The average molecular weight is 235 g/mol. The van der Waals surface area contributed by atoms with Crippen LogP contribution < -0.4 is 0 Å². The molecule has 1 amide bonds. The summed E-state index contributed by atoms with van der Waals surface area (Å²) in [6.45, 7) is 5.55. The summed E-state index contributed by atoms with van der Waals surface area (Å²) >= 11 is 1.26. The molecule has 0 atom stereocenters. The topological polar surface area (TPSA) is 29.5 Å². The Bertz CT molecular complexity index is 385. The second kappa shape index (κ2) is 6.77. The lowest BCUT2D eigenvalue weighted by atomic mass is 10.4. The molecule has 0 fully saturated rings. The fourth-order valence-electron chi connectivity index (χ4n) is 0.981. The van der Waals surface area contributed by atoms with E-state index < -0.39 is 6.09 Å². The van der Waals surface area contributed by atoms with E-state index in [1.165, 1.54) is 22.5 Å². The smallest absolute Gasteiger partial charge is 0.424 e. The highest BCUT2D eigenvalue weighted by molar-refractivity contribution is 7.97. The number of ether oxygens (including phenoxy) is 1. The molecule has 0 radical (unpaired) electrons. The van der Waals surface area contributed by atoms with E-state index in [9.17, 15) is 4.79 Å². The molecule has 0 heterocycles. The fraction of sp³-hybridized carbons (Fsp3) is 0.167. The first-order valence-electron chi connectivity index (χ1n) is 4.83. The highest BCUT2D eigenvalue weighted by atomic mass is 32.2. The first kappa shape index (κ1) is 12.4. The second-order valence-corrected chi connectivity index (χ2v) is 3.81. The second-order valence-electron chi connectivity index (χ2n) is 2.76. The molecule has 0 aromatic heterocycles. The normalized spacial score (nSPS) is 9.06.